The number of hydrogen-bond donors (Lipinski definition) is 2. The summed E-state index contributed by atoms with van der Waals surface area (Å²) in [7, 11) is 3.21. The fourth-order valence-corrected chi connectivity index (χ4v) is 4.27. The molecule has 0 fully saturated rings. The zero-order valence-electron chi connectivity index (χ0n) is 17.5. The summed E-state index contributed by atoms with van der Waals surface area (Å²) >= 11 is 0. The number of fused-ring (bicyclic) bond motifs is 2. The average molecular weight is 424 g/mol. The minimum Gasteiger partial charge on any atom is -0.497 e. The van der Waals surface area contributed by atoms with Crippen molar-refractivity contribution < 1.29 is 14.2 Å². The van der Waals surface area contributed by atoms with Crippen molar-refractivity contribution in [1.29, 1.82) is 5.26 Å². The van der Waals surface area contributed by atoms with Crippen LogP contribution in [-0.4, -0.2) is 24.4 Å². The van der Waals surface area contributed by atoms with Crippen LogP contribution < -0.4 is 19.9 Å². The lowest BCUT2D eigenvalue weighted by molar-refractivity contribution is 0.379. The molecule has 0 unspecified atom stereocenters. The van der Waals surface area contributed by atoms with Gasteiger partial charge in [-0.3, -0.25) is 5.10 Å². The van der Waals surface area contributed by atoms with Crippen molar-refractivity contribution in [3.8, 4) is 34.7 Å². The second kappa shape index (κ2) is 7.67. The first kappa shape index (κ1) is 19.5. The molecule has 32 heavy (non-hydrogen) atoms. The van der Waals surface area contributed by atoms with Crippen molar-refractivity contribution in [3.63, 3.8) is 0 Å². The van der Waals surface area contributed by atoms with E-state index in [1.165, 1.54) is 0 Å². The van der Waals surface area contributed by atoms with Gasteiger partial charge < -0.3 is 19.9 Å². The van der Waals surface area contributed by atoms with Crippen LogP contribution in [0.15, 0.2) is 72.1 Å². The fraction of sp³-hybridized carbons (Fsp3) is 0.120. The number of nitrogens with zero attached hydrogens (tertiary/aromatic N) is 2. The third-order valence-electron chi connectivity index (χ3n) is 5.75. The molecule has 0 amide bonds. The van der Waals surface area contributed by atoms with E-state index in [-0.39, 0.29) is 5.88 Å². The summed E-state index contributed by atoms with van der Waals surface area (Å²) in [5, 5.41) is 19.6. The number of methoxy groups -OCH3 is 2. The summed E-state index contributed by atoms with van der Waals surface area (Å²) in [5.74, 6) is 1.21. The lowest BCUT2D eigenvalue weighted by atomic mass is 9.81. The van der Waals surface area contributed by atoms with Crippen LogP contribution in [0.2, 0.25) is 0 Å². The normalized spacial score (nSPS) is 15.1. The van der Waals surface area contributed by atoms with Gasteiger partial charge in [-0.1, -0.05) is 42.5 Å². The Bertz CT molecular complexity index is 1410. The Morgan fingerprint density at radius 3 is 2.66 bits per heavy atom. The van der Waals surface area contributed by atoms with Gasteiger partial charge in [0.2, 0.25) is 11.8 Å². The van der Waals surface area contributed by atoms with Crippen molar-refractivity contribution in [2.24, 2.45) is 5.73 Å². The molecule has 7 heteroatoms. The Labute approximate surface area is 184 Å². The number of allylic oxidation sites excluding steroid dienone is 1. The first-order chi connectivity index (χ1) is 15.7. The largest absolute Gasteiger partial charge is 0.497 e. The molecule has 0 saturated heterocycles. The summed E-state index contributed by atoms with van der Waals surface area (Å²) in [6, 6.07) is 21.8. The van der Waals surface area contributed by atoms with E-state index in [2.05, 4.69) is 16.3 Å². The van der Waals surface area contributed by atoms with Gasteiger partial charge in [0.15, 0.2) is 0 Å². The lowest BCUT2D eigenvalue weighted by Crippen LogP contribution is -2.21. The van der Waals surface area contributed by atoms with Gasteiger partial charge in [0.05, 0.1) is 31.4 Å². The molecule has 1 aliphatic heterocycles. The number of rotatable bonds is 4. The number of aromatic nitrogens is 2. The average Bonchev–Trinajstić information content (AvgIpc) is 3.25. The molecule has 0 saturated carbocycles. The van der Waals surface area contributed by atoms with E-state index in [0.717, 1.165) is 27.5 Å². The van der Waals surface area contributed by atoms with Crippen LogP contribution >= 0.6 is 0 Å². The van der Waals surface area contributed by atoms with Crippen LogP contribution in [0, 0.1) is 11.3 Å². The van der Waals surface area contributed by atoms with E-state index < -0.39 is 5.92 Å². The highest BCUT2D eigenvalue weighted by Crippen LogP contribution is 2.48. The molecule has 3 aromatic carbocycles. The maximum absolute atomic E-state index is 10.0. The number of benzene rings is 3. The number of nitriles is 1. The predicted molar refractivity (Wildman–Crippen MR) is 120 cm³/mol. The lowest BCUT2D eigenvalue weighted by Gasteiger charge is -2.25. The van der Waals surface area contributed by atoms with Crippen LogP contribution in [-0.2, 0) is 0 Å². The highest BCUT2D eigenvalue weighted by molar-refractivity contribution is 5.88. The molecule has 7 nitrogen and oxygen atoms in total. The van der Waals surface area contributed by atoms with Crippen molar-refractivity contribution in [2.45, 2.75) is 5.92 Å². The van der Waals surface area contributed by atoms with Crippen molar-refractivity contribution in [3.05, 3.63) is 83.2 Å². The zero-order chi connectivity index (χ0) is 22.2. The number of nitrogens with one attached hydrogen (secondary N) is 1. The third-order valence-corrected chi connectivity index (χ3v) is 5.75. The molecule has 1 aromatic heterocycles. The topological polar surface area (TPSA) is 106 Å². The predicted octanol–water partition coefficient (Wildman–Crippen LogP) is 4.47. The number of H-pyrrole nitrogens is 1. The summed E-state index contributed by atoms with van der Waals surface area (Å²) in [5.41, 5.74) is 9.57. The third kappa shape index (κ3) is 2.93. The minimum atomic E-state index is -0.473. The van der Waals surface area contributed by atoms with E-state index >= 15 is 0 Å². The summed E-state index contributed by atoms with van der Waals surface area (Å²) in [6.45, 7) is 0. The number of aromatic amines is 1. The van der Waals surface area contributed by atoms with Gasteiger partial charge in [0, 0.05) is 5.56 Å². The second-order valence-electron chi connectivity index (χ2n) is 7.38. The smallest absolute Gasteiger partial charge is 0.244 e. The molecule has 0 bridgehead atoms. The van der Waals surface area contributed by atoms with E-state index in [4.69, 9.17) is 19.9 Å². The monoisotopic (exact) mass is 424 g/mol. The van der Waals surface area contributed by atoms with E-state index in [1.807, 2.05) is 60.7 Å². The standard InChI is InChI=1S/C25H20N4O3/c1-30-15-10-11-20(31-2)18(12-15)23-22-21(19(13-26)24(27)32-25(22)29-28-23)17-9-5-7-14-6-3-4-8-16(14)17/h3-12,21H,27H2,1-2H3,(H,28,29)/t21-/m0/s1. The Morgan fingerprint density at radius 2 is 1.88 bits per heavy atom. The molecular formula is C25H20N4O3. The Morgan fingerprint density at radius 1 is 1.06 bits per heavy atom. The van der Waals surface area contributed by atoms with Crippen LogP contribution in [0.1, 0.15) is 17.0 Å². The van der Waals surface area contributed by atoms with Crippen LogP contribution in [0.25, 0.3) is 22.0 Å². The van der Waals surface area contributed by atoms with Crippen molar-refractivity contribution in [1.82, 2.24) is 10.2 Å². The zero-order valence-corrected chi connectivity index (χ0v) is 17.5. The van der Waals surface area contributed by atoms with Gasteiger partial charge in [-0.05, 0) is 34.5 Å². The summed E-state index contributed by atoms with van der Waals surface area (Å²) in [4.78, 5) is 0. The maximum Gasteiger partial charge on any atom is 0.244 e. The highest BCUT2D eigenvalue weighted by atomic mass is 16.5. The van der Waals surface area contributed by atoms with Gasteiger partial charge >= 0.3 is 0 Å². The molecule has 4 aromatic rings. The molecule has 0 aliphatic carbocycles. The molecular weight excluding hydrogens is 404 g/mol. The van der Waals surface area contributed by atoms with Crippen molar-refractivity contribution in [2.75, 3.05) is 14.2 Å². The Kier molecular flexibility index (Phi) is 4.68. The van der Waals surface area contributed by atoms with E-state index in [9.17, 15) is 5.26 Å². The fourth-order valence-electron chi connectivity index (χ4n) is 4.27. The van der Waals surface area contributed by atoms with Gasteiger partial charge in [-0.15, -0.1) is 5.10 Å². The van der Waals surface area contributed by atoms with E-state index in [1.54, 1.807) is 14.2 Å². The van der Waals surface area contributed by atoms with Crippen LogP contribution in [0.3, 0.4) is 0 Å². The van der Waals surface area contributed by atoms with Crippen molar-refractivity contribution >= 4 is 10.8 Å². The second-order valence-corrected chi connectivity index (χ2v) is 7.38. The van der Waals surface area contributed by atoms with Crippen LogP contribution in [0.4, 0.5) is 0 Å². The molecule has 0 radical (unpaired) electrons. The van der Waals surface area contributed by atoms with E-state index in [0.29, 0.717) is 28.6 Å². The molecule has 158 valence electrons. The minimum absolute atomic E-state index is 0.0496. The molecule has 2 heterocycles. The molecule has 1 atom stereocenters. The molecule has 3 N–H and O–H groups in total. The quantitative estimate of drug-likeness (QED) is 0.501. The van der Waals surface area contributed by atoms with Crippen LogP contribution in [0.5, 0.6) is 17.4 Å². The first-order valence-corrected chi connectivity index (χ1v) is 10.0. The summed E-state index contributed by atoms with van der Waals surface area (Å²) in [6.07, 6.45) is 0. The Balaban J connectivity index is 1.82. The molecule has 1 aliphatic rings. The molecule has 0 spiro atoms. The maximum atomic E-state index is 10.0. The Hall–Kier alpha value is -4.44. The number of nitrogens with two attached hydrogens (primary N) is 1. The van der Waals surface area contributed by atoms with Gasteiger partial charge in [-0.2, -0.15) is 5.26 Å². The highest BCUT2D eigenvalue weighted by Gasteiger charge is 2.37. The van der Waals surface area contributed by atoms with Gasteiger partial charge in [0.1, 0.15) is 23.1 Å². The number of ether oxygens (including phenoxy) is 3. The van der Waals surface area contributed by atoms with Gasteiger partial charge in [-0.25, -0.2) is 0 Å². The number of hydrogen-bond acceptors (Lipinski definition) is 6. The van der Waals surface area contributed by atoms with Gasteiger partial charge in [0.25, 0.3) is 0 Å². The SMILES string of the molecule is COc1ccc(OC)c(-c2[nH]nc3c2[C@@H](c2cccc4ccccc24)C(C#N)=C(N)O3)c1. The first-order valence-electron chi connectivity index (χ1n) is 10.0. The molecule has 5 rings (SSSR count). The summed E-state index contributed by atoms with van der Waals surface area (Å²) < 4.78 is 16.8.